The molecular weight excluding hydrogens is 274 g/mol. The van der Waals surface area contributed by atoms with Crippen LogP contribution in [-0.2, 0) is 5.33 Å². The van der Waals surface area contributed by atoms with Crippen LogP contribution in [0.15, 0.2) is 18.2 Å². The highest BCUT2D eigenvalue weighted by molar-refractivity contribution is 9.08. The van der Waals surface area contributed by atoms with Gasteiger partial charge in [0.1, 0.15) is 0 Å². The number of halogens is 1. The fourth-order valence-corrected chi connectivity index (χ4v) is 1.54. The summed E-state index contributed by atoms with van der Waals surface area (Å²) in [6.45, 7) is 3.87. The lowest BCUT2D eigenvalue weighted by Crippen LogP contribution is -2.11. The van der Waals surface area contributed by atoms with Crippen LogP contribution in [0, 0.1) is 10.1 Å². The second-order valence-corrected chi connectivity index (χ2v) is 4.09. The molecule has 1 aromatic carbocycles. The number of ether oxygens (including phenoxy) is 1. The van der Waals surface area contributed by atoms with Crippen LogP contribution < -0.4 is 4.74 Å². The highest BCUT2D eigenvalue weighted by Gasteiger charge is 2.16. The van der Waals surface area contributed by atoms with Gasteiger partial charge in [-0.05, 0) is 25.0 Å². The van der Waals surface area contributed by atoms with E-state index in [1.807, 2.05) is 13.8 Å². The number of nitro benzene ring substituents is 1. The van der Waals surface area contributed by atoms with Gasteiger partial charge in [0, 0.05) is 11.4 Å². The highest BCUT2D eigenvalue weighted by Crippen LogP contribution is 2.29. The molecule has 0 aliphatic rings. The van der Waals surface area contributed by atoms with Gasteiger partial charge in [0.15, 0.2) is 5.75 Å². The summed E-state index contributed by atoms with van der Waals surface area (Å²) in [7, 11) is 0. The normalized spacial score (nSPS) is 12.2. The number of hydrogen-bond acceptors (Lipinski definition) is 3. The molecule has 1 rings (SSSR count). The van der Waals surface area contributed by atoms with Crippen molar-refractivity contribution in [2.75, 3.05) is 0 Å². The Labute approximate surface area is 103 Å². The van der Waals surface area contributed by atoms with Gasteiger partial charge in [-0.2, -0.15) is 0 Å². The topological polar surface area (TPSA) is 52.4 Å². The Hall–Kier alpha value is -1.10. The minimum Gasteiger partial charge on any atom is -0.484 e. The standard InChI is InChI=1S/C11H14BrNO3/c1-3-8(2)16-11-6-9(7-12)4-5-10(11)13(14)15/h4-6,8H,3,7H2,1-2H3. The molecule has 0 saturated heterocycles. The van der Waals surface area contributed by atoms with Gasteiger partial charge in [-0.1, -0.05) is 28.9 Å². The summed E-state index contributed by atoms with van der Waals surface area (Å²) in [5.74, 6) is 0.344. The Kier molecular flexibility index (Phi) is 4.73. The van der Waals surface area contributed by atoms with Gasteiger partial charge in [0.05, 0.1) is 11.0 Å². The van der Waals surface area contributed by atoms with Crippen molar-refractivity contribution in [2.24, 2.45) is 0 Å². The van der Waals surface area contributed by atoms with Crippen molar-refractivity contribution in [2.45, 2.75) is 31.7 Å². The van der Waals surface area contributed by atoms with Crippen LogP contribution in [-0.4, -0.2) is 11.0 Å². The zero-order chi connectivity index (χ0) is 12.1. The van der Waals surface area contributed by atoms with E-state index in [1.165, 1.54) is 6.07 Å². The quantitative estimate of drug-likeness (QED) is 0.472. The molecule has 0 aliphatic heterocycles. The Morgan fingerprint density at radius 3 is 2.75 bits per heavy atom. The van der Waals surface area contributed by atoms with E-state index in [-0.39, 0.29) is 11.8 Å². The van der Waals surface area contributed by atoms with Gasteiger partial charge in [0.2, 0.25) is 0 Å². The minimum absolute atomic E-state index is 0.0185. The molecule has 4 nitrogen and oxygen atoms in total. The summed E-state index contributed by atoms with van der Waals surface area (Å²) in [6, 6.07) is 4.91. The third kappa shape index (κ3) is 3.20. The van der Waals surface area contributed by atoms with Crippen LogP contribution in [0.4, 0.5) is 5.69 Å². The van der Waals surface area contributed by atoms with Crippen molar-refractivity contribution in [1.82, 2.24) is 0 Å². The molecule has 0 fully saturated rings. The zero-order valence-electron chi connectivity index (χ0n) is 9.27. The zero-order valence-corrected chi connectivity index (χ0v) is 10.9. The molecule has 0 spiro atoms. The molecule has 0 amide bonds. The average molecular weight is 288 g/mol. The Morgan fingerprint density at radius 1 is 1.56 bits per heavy atom. The third-order valence-corrected chi connectivity index (χ3v) is 2.93. The van der Waals surface area contributed by atoms with E-state index in [1.54, 1.807) is 12.1 Å². The maximum Gasteiger partial charge on any atom is 0.310 e. The Balaban J connectivity index is 3.05. The smallest absolute Gasteiger partial charge is 0.310 e. The molecule has 1 aromatic rings. The van der Waals surface area contributed by atoms with Gasteiger partial charge >= 0.3 is 5.69 Å². The number of nitrogens with zero attached hydrogens (tertiary/aromatic N) is 1. The van der Waals surface area contributed by atoms with E-state index >= 15 is 0 Å². The van der Waals surface area contributed by atoms with Gasteiger partial charge in [-0.15, -0.1) is 0 Å². The molecule has 0 aliphatic carbocycles. The van der Waals surface area contributed by atoms with Crippen LogP contribution in [0.2, 0.25) is 0 Å². The predicted molar refractivity (Wildman–Crippen MR) is 66.1 cm³/mol. The van der Waals surface area contributed by atoms with Gasteiger partial charge < -0.3 is 4.74 Å². The largest absolute Gasteiger partial charge is 0.484 e. The Bertz CT molecular complexity index is 381. The molecule has 0 aromatic heterocycles. The van der Waals surface area contributed by atoms with Crippen LogP contribution in [0.1, 0.15) is 25.8 Å². The molecular formula is C11H14BrNO3. The van der Waals surface area contributed by atoms with E-state index in [2.05, 4.69) is 15.9 Å². The molecule has 1 atom stereocenters. The lowest BCUT2D eigenvalue weighted by atomic mass is 10.2. The highest BCUT2D eigenvalue weighted by atomic mass is 79.9. The van der Waals surface area contributed by atoms with Crippen LogP contribution in [0.5, 0.6) is 5.75 Å². The molecule has 16 heavy (non-hydrogen) atoms. The fourth-order valence-electron chi connectivity index (χ4n) is 1.19. The van der Waals surface area contributed by atoms with Crippen LogP contribution in [0.25, 0.3) is 0 Å². The van der Waals surface area contributed by atoms with E-state index < -0.39 is 4.92 Å². The maximum absolute atomic E-state index is 10.8. The number of nitro groups is 1. The first-order valence-corrected chi connectivity index (χ1v) is 6.20. The van der Waals surface area contributed by atoms with Crippen molar-refractivity contribution in [1.29, 1.82) is 0 Å². The molecule has 5 heteroatoms. The van der Waals surface area contributed by atoms with Crippen molar-refractivity contribution in [3.05, 3.63) is 33.9 Å². The SMILES string of the molecule is CCC(C)Oc1cc(CBr)ccc1[N+](=O)[O-]. The van der Waals surface area contributed by atoms with Crippen molar-refractivity contribution in [3.63, 3.8) is 0 Å². The molecule has 0 N–H and O–H groups in total. The lowest BCUT2D eigenvalue weighted by Gasteiger charge is -2.13. The van der Waals surface area contributed by atoms with Gasteiger partial charge in [-0.25, -0.2) is 0 Å². The molecule has 0 radical (unpaired) electrons. The maximum atomic E-state index is 10.8. The van der Waals surface area contributed by atoms with Crippen LogP contribution >= 0.6 is 15.9 Å². The first-order valence-electron chi connectivity index (χ1n) is 5.08. The predicted octanol–water partition coefficient (Wildman–Crippen LogP) is 3.67. The van der Waals surface area contributed by atoms with Gasteiger partial charge in [-0.3, -0.25) is 10.1 Å². The summed E-state index contributed by atoms with van der Waals surface area (Å²) in [5, 5.41) is 11.5. The first kappa shape index (κ1) is 13.0. The number of rotatable bonds is 5. The van der Waals surface area contributed by atoms with E-state index in [0.29, 0.717) is 11.1 Å². The van der Waals surface area contributed by atoms with Crippen molar-refractivity contribution >= 4 is 21.6 Å². The second kappa shape index (κ2) is 5.84. The molecule has 0 heterocycles. The van der Waals surface area contributed by atoms with E-state index in [0.717, 1.165) is 12.0 Å². The molecule has 88 valence electrons. The van der Waals surface area contributed by atoms with E-state index in [4.69, 9.17) is 4.74 Å². The van der Waals surface area contributed by atoms with Gasteiger partial charge in [0.25, 0.3) is 0 Å². The summed E-state index contributed by atoms with van der Waals surface area (Å²) in [4.78, 5) is 10.4. The van der Waals surface area contributed by atoms with Crippen molar-refractivity contribution in [3.8, 4) is 5.75 Å². The summed E-state index contributed by atoms with van der Waals surface area (Å²) in [6.07, 6.45) is 0.791. The Morgan fingerprint density at radius 2 is 2.25 bits per heavy atom. The number of hydrogen-bond donors (Lipinski definition) is 0. The van der Waals surface area contributed by atoms with E-state index in [9.17, 15) is 10.1 Å². The first-order chi connectivity index (χ1) is 7.58. The molecule has 0 saturated carbocycles. The monoisotopic (exact) mass is 287 g/mol. The molecule has 0 bridgehead atoms. The lowest BCUT2D eigenvalue weighted by molar-refractivity contribution is -0.386. The van der Waals surface area contributed by atoms with Crippen molar-refractivity contribution < 1.29 is 9.66 Å². The van der Waals surface area contributed by atoms with Crippen LogP contribution in [0.3, 0.4) is 0 Å². The molecule has 1 unspecified atom stereocenters. The second-order valence-electron chi connectivity index (χ2n) is 3.53. The average Bonchev–Trinajstić information content (AvgIpc) is 2.28. The summed E-state index contributed by atoms with van der Waals surface area (Å²) >= 11 is 3.31. The third-order valence-electron chi connectivity index (χ3n) is 2.28. The summed E-state index contributed by atoms with van der Waals surface area (Å²) in [5.41, 5.74) is 0.980. The summed E-state index contributed by atoms with van der Waals surface area (Å²) < 4.78 is 5.54. The number of alkyl halides is 1. The number of benzene rings is 1. The minimum atomic E-state index is -0.421. The fraction of sp³-hybridized carbons (Fsp3) is 0.455.